The van der Waals surface area contributed by atoms with Gasteiger partial charge in [-0.05, 0) is 25.0 Å². The van der Waals surface area contributed by atoms with Crippen LogP contribution in [0.2, 0.25) is 0 Å². The van der Waals surface area contributed by atoms with Crippen molar-refractivity contribution in [3.05, 3.63) is 29.6 Å². The maximum Gasteiger partial charge on any atom is 0.418 e. The summed E-state index contributed by atoms with van der Waals surface area (Å²) < 4.78 is 62.7. The molecule has 0 aliphatic rings. The van der Waals surface area contributed by atoms with Crippen molar-refractivity contribution >= 4 is 0 Å². The molecule has 1 rings (SSSR count). The number of halogens is 5. The van der Waals surface area contributed by atoms with Gasteiger partial charge in [-0.1, -0.05) is 0 Å². The molecular weight excluding hydrogens is 243 g/mol. The first kappa shape index (κ1) is 13.8. The molecule has 0 radical (unpaired) electrons. The topological polar surface area (TPSA) is 38.9 Å². The summed E-state index contributed by atoms with van der Waals surface area (Å²) in [4.78, 5) is 3.34. The summed E-state index contributed by atoms with van der Waals surface area (Å²) in [5.41, 5.74) is 1.96. The number of nitrogens with two attached hydrogens (primary N) is 1. The van der Waals surface area contributed by atoms with Gasteiger partial charge < -0.3 is 5.73 Å². The second-order valence-corrected chi connectivity index (χ2v) is 4.01. The number of rotatable bonds is 3. The molecule has 2 nitrogen and oxygen atoms in total. The van der Waals surface area contributed by atoms with Crippen molar-refractivity contribution in [2.75, 3.05) is 0 Å². The van der Waals surface area contributed by atoms with Crippen LogP contribution >= 0.6 is 0 Å². The van der Waals surface area contributed by atoms with Gasteiger partial charge in [0.15, 0.2) is 0 Å². The minimum Gasteiger partial charge on any atom is -0.320 e. The van der Waals surface area contributed by atoms with E-state index in [-0.39, 0.29) is 5.56 Å². The van der Waals surface area contributed by atoms with E-state index in [0.717, 1.165) is 19.2 Å². The van der Waals surface area contributed by atoms with Gasteiger partial charge in [0.25, 0.3) is 6.43 Å². The zero-order chi connectivity index (χ0) is 13.3. The van der Waals surface area contributed by atoms with Crippen LogP contribution in [-0.2, 0) is 12.6 Å². The van der Waals surface area contributed by atoms with Crippen molar-refractivity contribution in [3.8, 4) is 0 Å². The van der Waals surface area contributed by atoms with Crippen LogP contribution in [0, 0.1) is 0 Å². The molecule has 0 aliphatic carbocycles. The summed E-state index contributed by atoms with van der Waals surface area (Å²) in [5.74, 6) is 0. The second-order valence-electron chi connectivity index (χ2n) is 4.01. The third-order valence-corrected chi connectivity index (χ3v) is 2.29. The Hall–Kier alpha value is -1.24. The molecule has 0 saturated carbocycles. The number of hydrogen-bond acceptors (Lipinski definition) is 2. The highest BCUT2D eigenvalue weighted by atomic mass is 19.4. The van der Waals surface area contributed by atoms with Gasteiger partial charge in [-0.2, -0.15) is 13.2 Å². The van der Waals surface area contributed by atoms with E-state index < -0.39 is 30.1 Å². The van der Waals surface area contributed by atoms with E-state index in [2.05, 4.69) is 4.98 Å². The Morgan fingerprint density at radius 3 is 2.41 bits per heavy atom. The molecule has 0 amide bonds. The number of nitrogens with zero attached hydrogens (tertiary/aromatic N) is 1. The molecule has 0 aromatic carbocycles. The smallest absolute Gasteiger partial charge is 0.320 e. The Morgan fingerprint density at radius 1 is 1.35 bits per heavy atom. The molecule has 0 bridgehead atoms. The minimum absolute atomic E-state index is 0.280. The van der Waals surface area contributed by atoms with Crippen LogP contribution in [0.5, 0.6) is 0 Å². The lowest BCUT2D eigenvalue weighted by Gasteiger charge is -2.25. The second kappa shape index (κ2) is 4.56. The van der Waals surface area contributed by atoms with Gasteiger partial charge in [0.1, 0.15) is 0 Å². The van der Waals surface area contributed by atoms with Gasteiger partial charge >= 0.3 is 6.18 Å². The third kappa shape index (κ3) is 3.36. The van der Waals surface area contributed by atoms with E-state index in [1.165, 1.54) is 0 Å². The van der Waals surface area contributed by atoms with E-state index in [1.54, 1.807) is 0 Å². The summed E-state index contributed by atoms with van der Waals surface area (Å²) in [7, 11) is 0. The Labute approximate surface area is 94.6 Å². The summed E-state index contributed by atoms with van der Waals surface area (Å²) in [6, 6.07) is 1.05. The largest absolute Gasteiger partial charge is 0.418 e. The molecule has 7 heteroatoms. The molecule has 1 atom stereocenters. The van der Waals surface area contributed by atoms with Gasteiger partial charge in [-0.25, -0.2) is 8.78 Å². The Bertz CT molecular complexity index is 387. The summed E-state index contributed by atoms with van der Waals surface area (Å²) in [5, 5.41) is 0. The number of aromatic nitrogens is 1. The summed E-state index contributed by atoms with van der Waals surface area (Å²) in [6.07, 6.45) is -6.37. The molecule has 1 aromatic heterocycles. The predicted molar refractivity (Wildman–Crippen MR) is 51.5 cm³/mol. The van der Waals surface area contributed by atoms with Crippen molar-refractivity contribution < 1.29 is 22.0 Å². The fraction of sp³-hybridized carbons (Fsp3) is 0.500. The Balaban J connectivity index is 3.08. The van der Waals surface area contributed by atoms with Crippen LogP contribution in [0.1, 0.15) is 18.1 Å². The third-order valence-electron chi connectivity index (χ3n) is 2.29. The van der Waals surface area contributed by atoms with Crippen LogP contribution in [0.25, 0.3) is 0 Å². The van der Waals surface area contributed by atoms with Crippen LogP contribution < -0.4 is 5.73 Å². The predicted octanol–water partition coefficient (Wildman–Crippen LogP) is 2.63. The van der Waals surface area contributed by atoms with E-state index in [9.17, 15) is 22.0 Å². The van der Waals surface area contributed by atoms with Crippen molar-refractivity contribution in [1.82, 2.24) is 4.98 Å². The van der Waals surface area contributed by atoms with E-state index in [4.69, 9.17) is 5.73 Å². The first-order valence-electron chi connectivity index (χ1n) is 4.71. The van der Waals surface area contributed by atoms with E-state index >= 15 is 0 Å². The maximum atomic E-state index is 12.6. The van der Waals surface area contributed by atoms with Gasteiger partial charge in [-0.3, -0.25) is 4.98 Å². The lowest BCUT2D eigenvalue weighted by molar-refractivity contribution is -0.138. The molecule has 2 N–H and O–H groups in total. The number of alkyl halides is 5. The van der Waals surface area contributed by atoms with Crippen molar-refractivity contribution in [2.45, 2.75) is 31.5 Å². The Morgan fingerprint density at radius 2 is 1.94 bits per heavy atom. The molecular formula is C10H11F5N2. The van der Waals surface area contributed by atoms with Crippen LogP contribution in [-0.4, -0.2) is 16.9 Å². The van der Waals surface area contributed by atoms with Crippen molar-refractivity contribution in [2.24, 2.45) is 5.73 Å². The monoisotopic (exact) mass is 254 g/mol. The molecule has 1 heterocycles. The quantitative estimate of drug-likeness (QED) is 0.842. The fourth-order valence-corrected chi connectivity index (χ4v) is 1.32. The average molecular weight is 254 g/mol. The standard InChI is InChI=1S/C10H11F5N2/c1-9(16,8(11)12)4-6-2-3-17-5-7(6)10(13,14)15/h2-3,5,8H,4,16H2,1H3. The average Bonchev–Trinajstić information content (AvgIpc) is 2.15. The zero-order valence-corrected chi connectivity index (χ0v) is 8.93. The highest BCUT2D eigenvalue weighted by Crippen LogP contribution is 2.33. The molecule has 0 spiro atoms. The SMILES string of the molecule is CC(N)(Cc1ccncc1C(F)(F)F)C(F)F. The molecule has 0 fully saturated rings. The zero-order valence-electron chi connectivity index (χ0n) is 8.93. The lowest BCUT2D eigenvalue weighted by atomic mass is 9.92. The normalized spacial score (nSPS) is 16.0. The highest BCUT2D eigenvalue weighted by molar-refractivity contribution is 5.28. The van der Waals surface area contributed by atoms with Gasteiger partial charge in [0.2, 0.25) is 0 Å². The fourth-order valence-electron chi connectivity index (χ4n) is 1.32. The van der Waals surface area contributed by atoms with Crippen molar-refractivity contribution in [3.63, 3.8) is 0 Å². The molecule has 1 aromatic rings. The molecule has 0 aliphatic heterocycles. The number of pyridine rings is 1. The molecule has 96 valence electrons. The highest BCUT2D eigenvalue weighted by Gasteiger charge is 2.37. The van der Waals surface area contributed by atoms with Crippen LogP contribution in [0.15, 0.2) is 18.5 Å². The first-order chi connectivity index (χ1) is 7.64. The molecule has 1 unspecified atom stereocenters. The Kier molecular flexibility index (Phi) is 3.71. The van der Waals surface area contributed by atoms with Gasteiger partial charge in [0.05, 0.1) is 11.1 Å². The number of hydrogen-bond donors (Lipinski definition) is 1. The first-order valence-corrected chi connectivity index (χ1v) is 4.71. The summed E-state index contributed by atoms with van der Waals surface area (Å²) in [6.45, 7) is 1.01. The van der Waals surface area contributed by atoms with E-state index in [1.807, 2.05) is 0 Å². The van der Waals surface area contributed by atoms with Crippen LogP contribution in [0.4, 0.5) is 22.0 Å². The summed E-state index contributed by atoms with van der Waals surface area (Å²) >= 11 is 0. The lowest BCUT2D eigenvalue weighted by Crippen LogP contribution is -2.46. The van der Waals surface area contributed by atoms with Crippen molar-refractivity contribution in [1.29, 1.82) is 0 Å². The van der Waals surface area contributed by atoms with Gasteiger partial charge in [-0.15, -0.1) is 0 Å². The van der Waals surface area contributed by atoms with Crippen LogP contribution in [0.3, 0.4) is 0 Å². The molecule has 0 saturated heterocycles. The molecule has 17 heavy (non-hydrogen) atoms. The maximum absolute atomic E-state index is 12.6. The van der Waals surface area contributed by atoms with E-state index in [0.29, 0.717) is 6.20 Å². The van der Waals surface area contributed by atoms with Gasteiger partial charge in [0, 0.05) is 12.4 Å². The minimum atomic E-state index is -4.62.